The first kappa shape index (κ1) is 14.4. The van der Waals surface area contributed by atoms with Crippen molar-refractivity contribution in [3.63, 3.8) is 0 Å². The lowest BCUT2D eigenvalue weighted by Crippen LogP contribution is -1.94. The lowest BCUT2D eigenvalue weighted by molar-refractivity contribution is 0.505. The number of rotatable bonds is 4. The predicted molar refractivity (Wildman–Crippen MR) is 72.0 cm³/mol. The van der Waals surface area contributed by atoms with Gasteiger partial charge < -0.3 is 0 Å². The molecule has 0 radical (unpaired) electrons. The highest BCUT2D eigenvalue weighted by Gasteiger charge is 2.10. The maximum absolute atomic E-state index is 13.7. The summed E-state index contributed by atoms with van der Waals surface area (Å²) in [6.07, 6.45) is 5.67. The molecule has 2 heteroatoms. The number of allylic oxidation sites excluding steroid dienone is 1. The van der Waals surface area contributed by atoms with Crippen LogP contribution in [0.3, 0.4) is 0 Å². The molecular formula is C16H18F2. The van der Waals surface area contributed by atoms with E-state index >= 15 is 0 Å². The number of halogens is 2. The lowest BCUT2D eigenvalue weighted by Gasteiger charge is -2.04. The number of hydrogen-bond donors (Lipinski definition) is 0. The monoisotopic (exact) mass is 248 g/mol. The Morgan fingerprint density at radius 2 is 2.00 bits per heavy atom. The highest BCUT2D eigenvalue weighted by atomic mass is 19.2. The van der Waals surface area contributed by atoms with Crippen LogP contribution >= 0.6 is 0 Å². The summed E-state index contributed by atoms with van der Waals surface area (Å²) in [6, 6.07) is 3.08. The maximum atomic E-state index is 13.7. The average Bonchev–Trinajstić information content (AvgIpc) is 2.35. The van der Waals surface area contributed by atoms with Crippen molar-refractivity contribution in [2.75, 3.05) is 0 Å². The van der Waals surface area contributed by atoms with Gasteiger partial charge in [0, 0.05) is 5.56 Å². The highest BCUT2D eigenvalue weighted by Crippen LogP contribution is 2.18. The fourth-order valence-electron chi connectivity index (χ4n) is 1.74. The molecule has 0 nitrogen and oxygen atoms in total. The molecule has 0 saturated carbocycles. The third-order valence-electron chi connectivity index (χ3n) is 2.72. The normalized spacial score (nSPS) is 12.3. The first-order valence-corrected chi connectivity index (χ1v) is 6.19. The van der Waals surface area contributed by atoms with Gasteiger partial charge in [0.25, 0.3) is 0 Å². The second-order valence-electron chi connectivity index (χ2n) is 4.33. The van der Waals surface area contributed by atoms with Crippen LogP contribution in [0.15, 0.2) is 18.2 Å². The van der Waals surface area contributed by atoms with Crippen molar-refractivity contribution in [1.82, 2.24) is 0 Å². The van der Waals surface area contributed by atoms with Gasteiger partial charge >= 0.3 is 0 Å². The fourth-order valence-corrected chi connectivity index (χ4v) is 1.74. The van der Waals surface area contributed by atoms with E-state index < -0.39 is 11.6 Å². The largest absolute Gasteiger partial charge is 0.203 e. The van der Waals surface area contributed by atoms with Crippen LogP contribution in [0.25, 0.3) is 6.08 Å². The smallest absolute Gasteiger partial charge is 0.175 e. The van der Waals surface area contributed by atoms with Gasteiger partial charge in [-0.2, -0.15) is 0 Å². The SMILES string of the molecule is CC#Cc1ccc(C=CC(C)CCC)c(F)c1F. The van der Waals surface area contributed by atoms with Crippen molar-refractivity contribution < 1.29 is 8.78 Å². The Bertz CT molecular complexity index is 490. The van der Waals surface area contributed by atoms with Gasteiger partial charge in [-0.3, -0.25) is 0 Å². The van der Waals surface area contributed by atoms with E-state index in [2.05, 4.69) is 25.7 Å². The van der Waals surface area contributed by atoms with Crippen molar-refractivity contribution in [2.24, 2.45) is 5.92 Å². The van der Waals surface area contributed by atoms with Crippen LogP contribution in [-0.2, 0) is 0 Å². The molecule has 0 aliphatic heterocycles. The molecule has 0 spiro atoms. The first-order valence-electron chi connectivity index (χ1n) is 6.19. The van der Waals surface area contributed by atoms with Crippen LogP contribution in [-0.4, -0.2) is 0 Å². The third kappa shape index (κ3) is 3.70. The Hall–Kier alpha value is -1.62. The molecule has 96 valence electrons. The quantitative estimate of drug-likeness (QED) is 0.672. The second-order valence-corrected chi connectivity index (χ2v) is 4.33. The summed E-state index contributed by atoms with van der Waals surface area (Å²) in [5.74, 6) is 3.78. The third-order valence-corrected chi connectivity index (χ3v) is 2.72. The first-order chi connectivity index (χ1) is 8.60. The van der Waals surface area contributed by atoms with Crippen LogP contribution in [0.2, 0.25) is 0 Å². The van der Waals surface area contributed by atoms with Crippen LogP contribution in [0.4, 0.5) is 8.78 Å². The van der Waals surface area contributed by atoms with Crippen molar-refractivity contribution in [2.45, 2.75) is 33.6 Å². The minimum Gasteiger partial charge on any atom is -0.203 e. The van der Waals surface area contributed by atoms with Crippen molar-refractivity contribution in [1.29, 1.82) is 0 Å². The average molecular weight is 248 g/mol. The molecule has 0 heterocycles. The molecule has 1 rings (SSSR count). The van der Waals surface area contributed by atoms with Crippen LogP contribution < -0.4 is 0 Å². The fraction of sp³-hybridized carbons (Fsp3) is 0.375. The van der Waals surface area contributed by atoms with E-state index in [1.54, 1.807) is 19.1 Å². The summed E-state index contributed by atoms with van der Waals surface area (Å²) < 4.78 is 27.3. The van der Waals surface area contributed by atoms with E-state index in [4.69, 9.17) is 0 Å². The predicted octanol–water partition coefficient (Wildman–Crippen LogP) is 4.79. The van der Waals surface area contributed by atoms with E-state index in [1.165, 1.54) is 6.07 Å². The van der Waals surface area contributed by atoms with Gasteiger partial charge in [-0.25, -0.2) is 8.78 Å². The van der Waals surface area contributed by atoms with E-state index in [-0.39, 0.29) is 11.1 Å². The van der Waals surface area contributed by atoms with Crippen molar-refractivity contribution in [3.8, 4) is 11.8 Å². The molecule has 0 bridgehead atoms. The highest BCUT2D eigenvalue weighted by molar-refractivity contribution is 5.53. The van der Waals surface area contributed by atoms with Crippen molar-refractivity contribution in [3.05, 3.63) is 41.0 Å². The molecule has 1 aromatic rings. The van der Waals surface area contributed by atoms with Crippen LogP contribution in [0.1, 0.15) is 44.7 Å². The van der Waals surface area contributed by atoms with Gasteiger partial charge in [-0.15, -0.1) is 5.92 Å². The van der Waals surface area contributed by atoms with E-state index in [1.807, 2.05) is 6.08 Å². The number of hydrogen-bond acceptors (Lipinski definition) is 0. The minimum absolute atomic E-state index is 0.105. The molecule has 1 atom stereocenters. The summed E-state index contributed by atoms with van der Waals surface area (Å²) in [5.41, 5.74) is 0.380. The van der Waals surface area contributed by atoms with Crippen molar-refractivity contribution >= 4 is 6.08 Å². The zero-order chi connectivity index (χ0) is 13.5. The van der Waals surface area contributed by atoms with Gasteiger partial charge in [0.2, 0.25) is 0 Å². The van der Waals surface area contributed by atoms with Crippen LogP contribution in [0, 0.1) is 29.4 Å². The molecule has 1 unspecified atom stereocenters. The van der Waals surface area contributed by atoms with Gasteiger partial charge in [0.1, 0.15) is 0 Å². The van der Waals surface area contributed by atoms with E-state index in [0.29, 0.717) is 5.92 Å². The molecule has 0 aromatic heterocycles. The molecule has 1 aromatic carbocycles. The molecular weight excluding hydrogens is 230 g/mol. The Morgan fingerprint density at radius 1 is 1.28 bits per heavy atom. The summed E-state index contributed by atoms with van der Waals surface area (Å²) in [4.78, 5) is 0. The van der Waals surface area contributed by atoms with E-state index in [9.17, 15) is 8.78 Å². The topological polar surface area (TPSA) is 0 Å². The molecule has 18 heavy (non-hydrogen) atoms. The van der Waals surface area contributed by atoms with Gasteiger partial charge in [-0.1, -0.05) is 44.4 Å². The summed E-state index contributed by atoms with van der Waals surface area (Å²) in [5, 5.41) is 0. The Morgan fingerprint density at radius 3 is 2.61 bits per heavy atom. The second kappa shape index (κ2) is 6.96. The molecule has 0 amide bonds. The maximum Gasteiger partial charge on any atom is 0.175 e. The van der Waals surface area contributed by atoms with Crippen LogP contribution in [0.5, 0.6) is 0 Å². The molecule has 0 fully saturated rings. The number of benzene rings is 1. The van der Waals surface area contributed by atoms with Gasteiger partial charge in [0.05, 0.1) is 5.56 Å². The summed E-state index contributed by atoms with van der Waals surface area (Å²) >= 11 is 0. The molecule has 0 aliphatic rings. The summed E-state index contributed by atoms with van der Waals surface area (Å²) in [7, 11) is 0. The lowest BCUT2D eigenvalue weighted by atomic mass is 10.0. The Labute approximate surface area is 108 Å². The molecule has 0 N–H and O–H groups in total. The minimum atomic E-state index is -0.866. The van der Waals surface area contributed by atoms with Gasteiger partial charge in [-0.05, 0) is 25.3 Å². The zero-order valence-electron chi connectivity index (χ0n) is 11.1. The molecule has 0 aliphatic carbocycles. The summed E-state index contributed by atoms with van der Waals surface area (Å²) in [6.45, 7) is 5.76. The van der Waals surface area contributed by atoms with Gasteiger partial charge in [0.15, 0.2) is 11.6 Å². The zero-order valence-corrected chi connectivity index (χ0v) is 11.1. The Balaban J connectivity index is 2.97. The van der Waals surface area contributed by atoms with E-state index in [0.717, 1.165) is 12.8 Å². The standard InChI is InChI=1S/C16H18F2/c1-4-6-12(3)8-9-14-11-10-13(7-5-2)15(17)16(14)18/h8-12H,4,6H2,1-3H3. The molecule has 0 saturated heterocycles. The Kier molecular flexibility index (Phi) is 5.58.